The molecule has 1 aromatic heterocycles. The standard InChI is InChI=1S/C14H8Br2N2O2/c15-9-3-1-2-8(6-9)13-17-14(20-18-13)11-7-10(16)4-5-12(11)19/h1-7,19H. The lowest BCUT2D eigenvalue weighted by Gasteiger charge is -1.99. The monoisotopic (exact) mass is 394 g/mol. The number of benzene rings is 2. The molecule has 0 spiro atoms. The highest BCUT2D eigenvalue weighted by molar-refractivity contribution is 9.10. The molecule has 1 N–H and O–H groups in total. The SMILES string of the molecule is Oc1ccc(Br)cc1-c1nc(-c2cccc(Br)c2)no1. The van der Waals surface area contributed by atoms with Crippen LogP contribution in [0.15, 0.2) is 55.9 Å². The fourth-order valence-electron chi connectivity index (χ4n) is 1.76. The van der Waals surface area contributed by atoms with Crippen molar-refractivity contribution in [2.45, 2.75) is 0 Å². The van der Waals surface area contributed by atoms with Crippen molar-refractivity contribution in [3.05, 3.63) is 51.4 Å². The van der Waals surface area contributed by atoms with E-state index in [1.54, 1.807) is 18.2 Å². The van der Waals surface area contributed by atoms with Gasteiger partial charge in [-0.25, -0.2) is 0 Å². The molecule has 0 aliphatic carbocycles. The van der Waals surface area contributed by atoms with Crippen molar-refractivity contribution in [1.82, 2.24) is 10.1 Å². The van der Waals surface area contributed by atoms with Crippen molar-refractivity contribution in [2.75, 3.05) is 0 Å². The molecule has 0 aliphatic rings. The molecule has 0 saturated carbocycles. The second kappa shape index (κ2) is 5.38. The minimum Gasteiger partial charge on any atom is -0.507 e. The Balaban J connectivity index is 2.04. The summed E-state index contributed by atoms with van der Waals surface area (Å²) < 4.78 is 6.99. The summed E-state index contributed by atoms with van der Waals surface area (Å²) in [6.07, 6.45) is 0. The molecule has 0 saturated heterocycles. The summed E-state index contributed by atoms with van der Waals surface area (Å²) in [6, 6.07) is 12.6. The maximum atomic E-state index is 9.86. The van der Waals surface area contributed by atoms with Gasteiger partial charge in [0.25, 0.3) is 5.89 Å². The molecular weight excluding hydrogens is 388 g/mol. The van der Waals surface area contributed by atoms with Crippen LogP contribution in [0.4, 0.5) is 0 Å². The smallest absolute Gasteiger partial charge is 0.262 e. The fraction of sp³-hybridized carbons (Fsp3) is 0. The predicted octanol–water partition coefficient (Wildman–Crippen LogP) is 4.63. The Morgan fingerprint density at radius 2 is 1.80 bits per heavy atom. The van der Waals surface area contributed by atoms with Gasteiger partial charge in [0.1, 0.15) is 5.75 Å². The molecule has 0 amide bonds. The van der Waals surface area contributed by atoms with Gasteiger partial charge < -0.3 is 9.63 Å². The molecule has 0 unspecified atom stereocenters. The zero-order chi connectivity index (χ0) is 14.1. The average molecular weight is 396 g/mol. The summed E-state index contributed by atoms with van der Waals surface area (Å²) in [5.41, 5.74) is 1.33. The topological polar surface area (TPSA) is 59.2 Å². The van der Waals surface area contributed by atoms with Gasteiger partial charge in [0, 0.05) is 14.5 Å². The zero-order valence-corrected chi connectivity index (χ0v) is 13.2. The lowest BCUT2D eigenvalue weighted by atomic mass is 10.2. The van der Waals surface area contributed by atoms with Gasteiger partial charge >= 0.3 is 0 Å². The molecule has 0 atom stereocenters. The molecule has 0 fully saturated rings. The average Bonchev–Trinajstić information content (AvgIpc) is 2.91. The Labute approximate surface area is 131 Å². The Morgan fingerprint density at radius 1 is 1.00 bits per heavy atom. The van der Waals surface area contributed by atoms with Gasteiger partial charge in [0.2, 0.25) is 5.82 Å². The van der Waals surface area contributed by atoms with Crippen LogP contribution >= 0.6 is 31.9 Å². The normalized spacial score (nSPS) is 10.7. The minimum absolute atomic E-state index is 0.0950. The summed E-state index contributed by atoms with van der Waals surface area (Å²) in [4.78, 5) is 4.31. The first-order valence-electron chi connectivity index (χ1n) is 5.72. The van der Waals surface area contributed by atoms with Crippen molar-refractivity contribution in [1.29, 1.82) is 0 Å². The molecule has 0 radical (unpaired) electrons. The predicted molar refractivity (Wildman–Crippen MR) is 82.2 cm³/mol. The Bertz CT molecular complexity index is 771. The van der Waals surface area contributed by atoms with Gasteiger partial charge in [-0.3, -0.25) is 0 Å². The molecule has 3 rings (SSSR count). The van der Waals surface area contributed by atoms with Gasteiger partial charge in [-0.2, -0.15) is 4.98 Å². The van der Waals surface area contributed by atoms with Gasteiger partial charge in [-0.15, -0.1) is 0 Å². The molecule has 20 heavy (non-hydrogen) atoms. The number of rotatable bonds is 2. The highest BCUT2D eigenvalue weighted by Gasteiger charge is 2.14. The van der Waals surface area contributed by atoms with E-state index in [1.165, 1.54) is 0 Å². The van der Waals surface area contributed by atoms with Crippen LogP contribution in [-0.2, 0) is 0 Å². The van der Waals surface area contributed by atoms with Gasteiger partial charge in [-0.1, -0.05) is 49.1 Å². The van der Waals surface area contributed by atoms with E-state index in [9.17, 15) is 5.11 Å². The summed E-state index contributed by atoms with van der Waals surface area (Å²) in [5, 5.41) is 13.8. The van der Waals surface area contributed by atoms with Crippen LogP contribution in [0.25, 0.3) is 22.8 Å². The summed E-state index contributed by atoms with van der Waals surface area (Å²) >= 11 is 6.75. The number of aromatic nitrogens is 2. The number of halogens is 2. The highest BCUT2D eigenvalue weighted by atomic mass is 79.9. The lowest BCUT2D eigenvalue weighted by molar-refractivity contribution is 0.425. The summed E-state index contributed by atoms with van der Waals surface area (Å²) in [5.74, 6) is 0.845. The van der Waals surface area contributed by atoms with Crippen LogP contribution in [0.2, 0.25) is 0 Å². The van der Waals surface area contributed by atoms with Crippen LogP contribution in [-0.4, -0.2) is 15.2 Å². The number of hydrogen-bond donors (Lipinski definition) is 1. The largest absolute Gasteiger partial charge is 0.507 e. The quantitative estimate of drug-likeness (QED) is 0.686. The Hall–Kier alpha value is -1.66. The second-order valence-corrected chi connectivity index (χ2v) is 5.93. The maximum absolute atomic E-state index is 9.86. The van der Waals surface area contributed by atoms with Crippen molar-refractivity contribution in [2.24, 2.45) is 0 Å². The number of nitrogens with zero attached hydrogens (tertiary/aromatic N) is 2. The minimum atomic E-state index is 0.0950. The first-order chi connectivity index (χ1) is 9.63. The Kier molecular flexibility index (Phi) is 3.58. The van der Waals surface area contributed by atoms with E-state index >= 15 is 0 Å². The molecule has 3 aromatic rings. The van der Waals surface area contributed by atoms with E-state index in [0.29, 0.717) is 11.4 Å². The van der Waals surface area contributed by atoms with E-state index in [2.05, 4.69) is 42.0 Å². The lowest BCUT2D eigenvalue weighted by Crippen LogP contribution is -1.82. The highest BCUT2D eigenvalue weighted by Crippen LogP contribution is 2.32. The van der Waals surface area contributed by atoms with Crippen LogP contribution in [0, 0.1) is 0 Å². The fourth-order valence-corrected chi connectivity index (χ4v) is 2.52. The van der Waals surface area contributed by atoms with Crippen LogP contribution in [0.5, 0.6) is 5.75 Å². The van der Waals surface area contributed by atoms with Crippen molar-refractivity contribution < 1.29 is 9.63 Å². The number of phenols is 1. The van der Waals surface area contributed by atoms with Gasteiger partial charge in [0.15, 0.2) is 0 Å². The van der Waals surface area contributed by atoms with Gasteiger partial charge in [-0.05, 0) is 30.3 Å². The molecule has 0 bridgehead atoms. The zero-order valence-electron chi connectivity index (χ0n) is 10.0. The van der Waals surface area contributed by atoms with E-state index in [1.807, 2.05) is 24.3 Å². The van der Waals surface area contributed by atoms with Crippen molar-refractivity contribution in [3.8, 4) is 28.6 Å². The third kappa shape index (κ3) is 2.62. The molecule has 4 nitrogen and oxygen atoms in total. The van der Waals surface area contributed by atoms with Crippen LogP contribution in [0.1, 0.15) is 0 Å². The Morgan fingerprint density at radius 3 is 2.60 bits per heavy atom. The molecule has 100 valence electrons. The van der Waals surface area contributed by atoms with E-state index in [-0.39, 0.29) is 11.6 Å². The third-order valence-corrected chi connectivity index (χ3v) is 3.68. The molecular formula is C14H8Br2N2O2. The second-order valence-electron chi connectivity index (χ2n) is 4.09. The summed E-state index contributed by atoms with van der Waals surface area (Å²) in [6.45, 7) is 0. The number of aromatic hydroxyl groups is 1. The molecule has 2 aromatic carbocycles. The van der Waals surface area contributed by atoms with E-state index in [0.717, 1.165) is 14.5 Å². The van der Waals surface area contributed by atoms with Crippen molar-refractivity contribution in [3.63, 3.8) is 0 Å². The van der Waals surface area contributed by atoms with E-state index in [4.69, 9.17) is 4.52 Å². The van der Waals surface area contributed by atoms with E-state index < -0.39 is 0 Å². The molecule has 1 heterocycles. The van der Waals surface area contributed by atoms with Gasteiger partial charge in [0.05, 0.1) is 5.56 Å². The molecule has 6 heteroatoms. The van der Waals surface area contributed by atoms with Crippen LogP contribution < -0.4 is 0 Å². The van der Waals surface area contributed by atoms with Crippen molar-refractivity contribution >= 4 is 31.9 Å². The maximum Gasteiger partial charge on any atom is 0.262 e. The first-order valence-corrected chi connectivity index (χ1v) is 7.30. The third-order valence-electron chi connectivity index (χ3n) is 2.70. The first kappa shape index (κ1) is 13.3. The summed E-state index contributed by atoms with van der Waals surface area (Å²) in [7, 11) is 0. The number of phenolic OH excluding ortho intramolecular Hbond substituents is 1. The van der Waals surface area contributed by atoms with Crippen LogP contribution in [0.3, 0.4) is 0 Å². The number of hydrogen-bond acceptors (Lipinski definition) is 4. The molecule has 0 aliphatic heterocycles.